The van der Waals surface area contributed by atoms with Crippen LogP contribution in [0.15, 0.2) is 0 Å². The predicted octanol–water partition coefficient (Wildman–Crippen LogP) is 5.13. The van der Waals surface area contributed by atoms with E-state index in [9.17, 15) is 0 Å². The Labute approximate surface area is 91.5 Å². The van der Waals surface area contributed by atoms with Crippen LogP contribution in [0.25, 0.3) is 0 Å². The van der Waals surface area contributed by atoms with E-state index in [0.29, 0.717) is 0 Å². The maximum absolute atomic E-state index is 2.41. The zero-order chi connectivity index (χ0) is 11.1. The lowest BCUT2D eigenvalue weighted by molar-refractivity contribution is 0.249. The van der Waals surface area contributed by atoms with Gasteiger partial charge in [0.15, 0.2) is 0 Å². The average Bonchev–Trinajstić information content (AvgIpc) is 2.10. The molecule has 0 bridgehead atoms. The maximum atomic E-state index is 2.41. The highest BCUT2D eigenvalue weighted by molar-refractivity contribution is 4.68. The van der Waals surface area contributed by atoms with Gasteiger partial charge >= 0.3 is 0 Å². The molecule has 0 rings (SSSR count). The first kappa shape index (κ1) is 14.0. The van der Waals surface area contributed by atoms with Gasteiger partial charge < -0.3 is 0 Å². The smallest absolute Gasteiger partial charge is 0.0388 e. The second kappa shape index (κ2) is 7.31. The molecule has 0 saturated heterocycles. The summed E-state index contributed by atoms with van der Waals surface area (Å²) in [7, 11) is 0. The third kappa shape index (κ3) is 5.67. The van der Waals surface area contributed by atoms with E-state index in [2.05, 4.69) is 41.5 Å². The molecule has 14 heavy (non-hydrogen) atoms. The third-order valence-electron chi connectivity index (χ3n) is 3.68. The average molecular weight is 198 g/mol. The molecule has 86 valence electrons. The molecule has 0 heterocycles. The van der Waals surface area contributed by atoms with Gasteiger partial charge in [0.25, 0.3) is 0 Å². The first-order valence-corrected chi connectivity index (χ1v) is 6.49. The minimum absolute atomic E-state index is 0.845. The lowest BCUT2D eigenvalue weighted by Gasteiger charge is -2.26. The van der Waals surface area contributed by atoms with Crippen molar-refractivity contribution < 1.29 is 0 Å². The zero-order valence-electron chi connectivity index (χ0n) is 11.1. The number of unbranched alkanes of at least 4 members (excludes halogenated alkanes) is 1. The molecular formula is C14H30. The van der Waals surface area contributed by atoms with Crippen LogP contribution in [0.3, 0.4) is 0 Å². The minimum Gasteiger partial charge on any atom is -0.0654 e. The molecular weight excluding hydrogens is 168 g/mol. The van der Waals surface area contributed by atoms with Gasteiger partial charge in [-0.1, -0.05) is 60.8 Å². The molecule has 2 atom stereocenters. The SMILES string of the molecule is CCCCC(CC(C)C(C)C)C(C)C. The summed E-state index contributed by atoms with van der Waals surface area (Å²) in [6.07, 6.45) is 5.62. The van der Waals surface area contributed by atoms with Crippen LogP contribution in [0.1, 0.15) is 67.2 Å². The lowest BCUT2D eigenvalue weighted by atomic mass is 9.80. The van der Waals surface area contributed by atoms with E-state index >= 15 is 0 Å². The summed E-state index contributed by atoms with van der Waals surface area (Å²) in [6, 6.07) is 0. The third-order valence-corrected chi connectivity index (χ3v) is 3.68. The fourth-order valence-electron chi connectivity index (χ4n) is 1.94. The fraction of sp³-hybridized carbons (Fsp3) is 1.00. The van der Waals surface area contributed by atoms with Gasteiger partial charge in [0.2, 0.25) is 0 Å². The first-order chi connectivity index (χ1) is 6.49. The summed E-state index contributed by atoms with van der Waals surface area (Å²) < 4.78 is 0. The van der Waals surface area contributed by atoms with E-state index in [1.807, 2.05) is 0 Å². The Balaban J connectivity index is 3.95. The highest BCUT2D eigenvalue weighted by atomic mass is 14.2. The molecule has 0 spiro atoms. The molecule has 0 aromatic rings. The molecule has 0 saturated carbocycles. The van der Waals surface area contributed by atoms with E-state index in [1.54, 1.807) is 0 Å². The molecule has 0 radical (unpaired) electrons. The summed E-state index contributed by atoms with van der Waals surface area (Å²) in [5.74, 6) is 3.55. The van der Waals surface area contributed by atoms with E-state index in [1.165, 1.54) is 25.7 Å². The van der Waals surface area contributed by atoms with Crippen LogP contribution in [0.5, 0.6) is 0 Å². The molecule has 0 aliphatic rings. The van der Waals surface area contributed by atoms with Crippen LogP contribution in [0.2, 0.25) is 0 Å². The van der Waals surface area contributed by atoms with Gasteiger partial charge in [-0.05, 0) is 30.1 Å². The van der Waals surface area contributed by atoms with E-state index < -0.39 is 0 Å². The number of hydrogen-bond acceptors (Lipinski definition) is 0. The molecule has 0 fully saturated rings. The van der Waals surface area contributed by atoms with Crippen molar-refractivity contribution in [1.29, 1.82) is 0 Å². The van der Waals surface area contributed by atoms with Gasteiger partial charge in [-0.2, -0.15) is 0 Å². The van der Waals surface area contributed by atoms with Crippen LogP contribution in [-0.2, 0) is 0 Å². The second-order valence-corrected chi connectivity index (χ2v) is 5.60. The number of hydrogen-bond donors (Lipinski definition) is 0. The summed E-state index contributed by atoms with van der Waals surface area (Å²) in [4.78, 5) is 0. The Morgan fingerprint density at radius 2 is 1.43 bits per heavy atom. The van der Waals surface area contributed by atoms with Crippen LogP contribution in [0, 0.1) is 23.7 Å². The molecule has 0 aromatic heterocycles. The monoisotopic (exact) mass is 198 g/mol. The molecule has 0 aliphatic carbocycles. The maximum Gasteiger partial charge on any atom is -0.0388 e. The van der Waals surface area contributed by atoms with Crippen molar-refractivity contribution >= 4 is 0 Å². The van der Waals surface area contributed by atoms with E-state index in [-0.39, 0.29) is 0 Å². The van der Waals surface area contributed by atoms with Gasteiger partial charge in [-0.25, -0.2) is 0 Å². The lowest BCUT2D eigenvalue weighted by Crippen LogP contribution is -2.16. The zero-order valence-corrected chi connectivity index (χ0v) is 11.1. The topological polar surface area (TPSA) is 0 Å². The quantitative estimate of drug-likeness (QED) is 0.532. The van der Waals surface area contributed by atoms with Crippen LogP contribution in [0.4, 0.5) is 0 Å². The Hall–Kier alpha value is 0. The normalized spacial score (nSPS) is 16.3. The number of rotatable bonds is 7. The Kier molecular flexibility index (Phi) is 7.31. The Morgan fingerprint density at radius 1 is 0.857 bits per heavy atom. The Morgan fingerprint density at radius 3 is 1.79 bits per heavy atom. The Bertz CT molecular complexity index is 124. The molecule has 0 aliphatic heterocycles. The van der Waals surface area contributed by atoms with Gasteiger partial charge in [0, 0.05) is 0 Å². The second-order valence-electron chi connectivity index (χ2n) is 5.60. The molecule has 0 N–H and O–H groups in total. The van der Waals surface area contributed by atoms with E-state index in [0.717, 1.165) is 23.7 Å². The summed E-state index contributed by atoms with van der Waals surface area (Å²) in [5.41, 5.74) is 0. The molecule has 0 heteroatoms. The van der Waals surface area contributed by atoms with Crippen molar-refractivity contribution in [3.05, 3.63) is 0 Å². The van der Waals surface area contributed by atoms with Crippen LogP contribution < -0.4 is 0 Å². The summed E-state index contributed by atoms with van der Waals surface area (Å²) >= 11 is 0. The van der Waals surface area contributed by atoms with Gasteiger partial charge in [0.1, 0.15) is 0 Å². The van der Waals surface area contributed by atoms with Gasteiger partial charge in [-0.15, -0.1) is 0 Å². The standard InChI is InChI=1S/C14H30/c1-7-8-9-14(12(4)5)10-13(6)11(2)3/h11-14H,7-10H2,1-6H3. The predicted molar refractivity (Wildman–Crippen MR) is 66.5 cm³/mol. The van der Waals surface area contributed by atoms with Crippen molar-refractivity contribution in [3.8, 4) is 0 Å². The summed E-state index contributed by atoms with van der Waals surface area (Å²) in [5, 5.41) is 0. The highest BCUT2D eigenvalue weighted by Gasteiger charge is 2.17. The summed E-state index contributed by atoms with van der Waals surface area (Å²) in [6.45, 7) is 14.2. The largest absolute Gasteiger partial charge is 0.0654 e. The van der Waals surface area contributed by atoms with Crippen molar-refractivity contribution in [2.45, 2.75) is 67.2 Å². The van der Waals surface area contributed by atoms with E-state index in [4.69, 9.17) is 0 Å². The molecule has 0 amide bonds. The van der Waals surface area contributed by atoms with Crippen LogP contribution in [-0.4, -0.2) is 0 Å². The van der Waals surface area contributed by atoms with Crippen LogP contribution >= 0.6 is 0 Å². The minimum atomic E-state index is 0.845. The van der Waals surface area contributed by atoms with Gasteiger partial charge in [-0.3, -0.25) is 0 Å². The van der Waals surface area contributed by atoms with Crippen molar-refractivity contribution in [2.75, 3.05) is 0 Å². The highest BCUT2D eigenvalue weighted by Crippen LogP contribution is 2.28. The molecule has 2 unspecified atom stereocenters. The fourth-order valence-corrected chi connectivity index (χ4v) is 1.94. The van der Waals surface area contributed by atoms with Crippen molar-refractivity contribution in [3.63, 3.8) is 0 Å². The first-order valence-electron chi connectivity index (χ1n) is 6.49. The molecule has 0 nitrogen and oxygen atoms in total. The molecule has 0 aromatic carbocycles. The van der Waals surface area contributed by atoms with Gasteiger partial charge in [0.05, 0.1) is 0 Å². The van der Waals surface area contributed by atoms with Crippen molar-refractivity contribution in [1.82, 2.24) is 0 Å². The van der Waals surface area contributed by atoms with Crippen molar-refractivity contribution in [2.24, 2.45) is 23.7 Å².